The van der Waals surface area contributed by atoms with Crippen LogP contribution in [0.5, 0.6) is 0 Å². The average molecular weight is 1660 g/mol. The van der Waals surface area contributed by atoms with Gasteiger partial charge in [0.1, 0.15) is 0 Å². The zero-order valence-electron chi connectivity index (χ0n) is 71.9. The molecule has 10 nitrogen and oxygen atoms in total. The van der Waals surface area contributed by atoms with E-state index in [2.05, 4.69) is 431 Å². The van der Waals surface area contributed by atoms with Gasteiger partial charge in [0.25, 0.3) is 0 Å². The molecule has 0 saturated heterocycles. The predicted molar refractivity (Wildman–Crippen MR) is 542 cm³/mol. The lowest BCUT2D eigenvalue weighted by Gasteiger charge is -2.17. The summed E-state index contributed by atoms with van der Waals surface area (Å²) in [6.07, 6.45) is 0. The van der Waals surface area contributed by atoms with Crippen LogP contribution in [0.25, 0.3) is 233 Å². The van der Waals surface area contributed by atoms with Crippen molar-refractivity contribution in [1.29, 1.82) is 0 Å². The molecule has 0 aliphatic rings. The highest BCUT2D eigenvalue weighted by atomic mass is 15.0. The molecule has 0 unspecified atom stereocenters. The Hall–Kier alpha value is -17.1. The molecule has 0 atom stereocenters. The third kappa shape index (κ3) is 12.2. The van der Waals surface area contributed by atoms with Gasteiger partial charge in [0, 0.05) is 132 Å². The number of aromatic nitrogens is 10. The van der Waals surface area contributed by atoms with Gasteiger partial charge in [0.2, 0.25) is 0 Å². The smallest absolute Gasteiger partial charge is 0.160 e. The van der Waals surface area contributed by atoms with Crippen molar-refractivity contribution in [3.8, 4) is 102 Å². The first-order valence-corrected chi connectivity index (χ1v) is 44.5. The molecule has 0 aliphatic heterocycles. The zero-order valence-corrected chi connectivity index (χ0v) is 71.9. The van der Waals surface area contributed by atoms with Gasteiger partial charge in [-0.3, -0.25) is 0 Å². The normalized spacial score (nSPS) is 11.8. The fourth-order valence-corrected chi connectivity index (χ4v) is 20.8. The molecule has 130 heavy (non-hydrogen) atoms. The van der Waals surface area contributed by atoms with E-state index >= 15 is 0 Å². The SMILES string of the molecule is Cc1cc(-n2c3ccc(-n4c5ccccc5c5ccccc54)cc3c3cc(-n4c5ccccc5c5ccccc54)ccc32)c(C)cc1-c1cc(-c2ccccc2)nc(-c2ccccc2)n1.Cc1cc(-n2c3ccc(-n4c5ccccc5c5ccccc54)cc3c3cc(-n4c5ccccc5c5ccccc54)ccc32)cc(C)c1-c1cc(-c2ccccc2)nc(-c2ccccc2)n1. The van der Waals surface area contributed by atoms with Gasteiger partial charge in [-0.05, 0) is 208 Å². The van der Waals surface area contributed by atoms with Gasteiger partial charge in [-0.15, -0.1) is 0 Å². The number of para-hydroxylation sites is 8. The largest absolute Gasteiger partial charge is 0.309 e. The van der Waals surface area contributed by atoms with Gasteiger partial charge in [0.15, 0.2) is 11.6 Å². The molecule has 8 aromatic heterocycles. The Bertz CT molecular complexity index is 8400. The van der Waals surface area contributed by atoms with E-state index in [4.69, 9.17) is 19.9 Å². The molecule has 0 bridgehead atoms. The first-order valence-electron chi connectivity index (χ1n) is 44.5. The predicted octanol–water partition coefficient (Wildman–Crippen LogP) is 30.8. The quantitative estimate of drug-likeness (QED) is 0.122. The van der Waals surface area contributed by atoms with Crippen LogP contribution in [0.4, 0.5) is 0 Å². The van der Waals surface area contributed by atoms with Crippen LogP contribution in [0.2, 0.25) is 0 Å². The minimum Gasteiger partial charge on any atom is -0.309 e. The Morgan fingerprint density at radius 1 is 0.162 bits per heavy atom. The van der Waals surface area contributed by atoms with Crippen molar-refractivity contribution in [1.82, 2.24) is 47.3 Å². The monoisotopic (exact) mass is 1660 g/mol. The molecular weight excluding hydrogens is 1580 g/mol. The fraction of sp³-hybridized carbons (Fsp3) is 0.0333. The number of nitrogens with zero attached hydrogens (tertiary/aromatic N) is 10. The number of fused-ring (bicyclic) bond motifs is 18. The van der Waals surface area contributed by atoms with E-state index in [-0.39, 0.29) is 0 Å². The van der Waals surface area contributed by atoms with E-state index in [9.17, 15) is 0 Å². The minimum absolute atomic E-state index is 0.712. The van der Waals surface area contributed by atoms with Gasteiger partial charge in [0.05, 0.1) is 89.0 Å². The van der Waals surface area contributed by atoms with Crippen molar-refractivity contribution in [2.24, 2.45) is 0 Å². The maximum Gasteiger partial charge on any atom is 0.160 e. The van der Waals surface area contributed by atoms with Crippen LogP contribution in [-0.4, -0.2) is 47.3 Å². The standard InChI is InChI=1S/2C60H41N5/c1-38-34-59(39(2)33-48(38)52-37-51(40-17-5-3-6-18-40)61-60(62-52)41-19-7-4-8-20-41)65-57-31-29-42(63-53-25-13-9-21-44(53)45-22-10-14-26-54(45)63)35-49(57)50-36-43(30-32-58(50)65)64-55-27-15-11-23-46(55)47-24-12-16-28-56(47)64;1-38-33-44(34-39(2)59(38)52-37-51(40-17-5-3-6-18-40)61-60(62-52)41-19-7-4-8-20-41)65-57-31-29-42(63-53-25-13-9-21-45(53)46-22-10-14-26-54(46)63)35-49(57)50-36-43(30-32-58(50)65)64-55-27-15-11-23-47(55)48-24-12-16-28-56(48)64/h2*3-37H,1-2H3. The van der Waals surface area contributed by atoms with Crippen molar-refractivity contribution in [3.63, 3.8) is 0 Å². The van der Waals surface area contributed by atoms with Crippen LogP contribution in [0.15, 0.2) is 425 Å². The van der Waals surface area contributed by atoms with E-state index in [1.165, 1.54) is 109 Å². The molecule has 612 valence electrons. The highest BCUT2D eigenvalue weighted by Gasteiger charge is 2.26. The van der Waals surface area contributed by atoms with E-state index in [0.717, 1.165) is 135 Å². The van der Waals surface area contributed by atoms with Crippen molar-refractivity contribution >= 4 is 131 Å². The summed E-state index contributed by atoms with van der Waals surface area (Å²) in [6, 6.07) is 153. The summed E-state index contributed by atoms with van der Waals surface area (Å²) in [5, 5.41) is 14.8. The summed E-state index contributed by atoms with van der Waals surface area (Å²) >= 11 is 0. The van der Waals surface area contributed by atoms with Gasteiger partial charge in [-0.1, -0.05) is 267 Å². The van der Waals surface area contributed by atoms with Crippen molar-refractivity contribution < 1.29 is 0 Å². The molecule has 0 fully saturated rings. The number of rotatable bonds is 12. The summed E-state index contributed by atoms with van der Waals surface area (Å²) < 4.78 is 14.6. The highest BCUT2D eigenvalue weighted by molar-refractivity contribution is 6.17. The van der Waals surface area contributed by atoms with Gasteiger partial charge in [-0.25, -0.2) is 19.9 Å². The molecule has 26 aromatic rings. The lowest BCUT2D eigenvalue weighted by molar-refractivity contribution is 1.13. The molecule has 18 aromatic carbocycles. The van der Waals surface area contributed by atoms with Crippen LogP contribution in [0.3, 0.4) is 0 Å². The maximum atomic E-state index is 5.25. The second-order valence-electron chi connectivity index (χ2n) is 34.3. The molecule has 0 radical (unpaired) electrons. The minimum atomic E-state index is 0.712. The Balaban J connectivity index is 0.000000140. The van der Waals surface area contributed by atoms with Gasteiger partial charge in [-0.2, -0.15) is 0 Å². The molecule has 26 rings (SSSR count). The summed E-state index contributed by atoms with van der Waals surface area (Å²) in [6.45, 7) is 8.87. The lowest BCUT2D eigenvalue weighted by atomic mass is 9.97. The first-order chi connectivity index (χ1) is 64.1. The molecule has 10 heteroatoms. The highest BCUT2D eigenvalue weighted by Crippen LogP contribution is 2.46. The summed E-state index contributed by atoms with van der Waals surface area (Å²) in [4.78, 5) is 20.6. The second-order valence-corrected chi connectivity index (χ2v) is 34.3. The van der Waals surface area contributed by atoms with Crippen LogP contribution in [0, 0.1) is 27.7 Å². The summed E-state index contributed by atoms with van der Waals surface area (Å²) in [5.74, 6) is 1.42. The Morgan fingerprint density at radius 2 is 0.408 bits per heavy atom. The van der Waals surface area contributed by atoms with Crippen LogP contribution in [-0.2, 0) is 0 Å². The van der Waals surface area contributed by atoms with Crippen LogP contribution < -0.4 is 0 Å². The molecule has 0 amide bonds. The lowest BCUT2D eigenvalue weighted by Crippen LogP contribution is -2.01. The molecule has 8 heterocycles. The summed E-state index contributed by atoms with van der Waals surface area (Å²) in [5.41, 5.74) is 35.4. The van der Waals surface area contributed by atoms with Crippen molar-refractivity contribution in [2.75, 3.05) is 0 Å². The van der Waals surface area contributed by atoms with Crippen molar-refractivity contribution in [3.05, 3.63) is 447 Å². The van der Waals surface area contributed by atoms with E-state index in [0.29, 0.717) is 11.6 Å². The average Bonchev–Trinajstić information content (AvgIpc) is 1.41. The van der Waals surface area contributed by atoms with Crippen LogP contribution >= 0.6 is 0 Å². The Morgan fingerprint density at radius 3 is 0.723 bits per heavy atom. The molecule has 0 aliphatic carbocycles. The van der Waals surface area contributed by atoms with E-state index in [1.54, 1.807) is 0 Å². The molecular formula is C120H82N10. The third-order valence-electron chi connectivity index (χ3n) is 26.6. The van der Waals surface area contributed by atoms with E-state index in [1.807, 2.05) is 48.5 Å². The Kier molecular flexibility index (Phi) is 17.6. The molecule has 0 N–H and O–H groups in total. The zero-order chi connectivity index (χ0) is 86.3. The van der Waals surface area contributed by atoms with E-state index < -0.39 is 0 Å². The molecule has 0 saturated carbocycles. The topological polar surface area (TPSA) is 81.1 Å². The number of hydrogen-bond acceptors (Lipinski definition) is 4. The third-order valence-corrected chi connectivity index (χ3v) is 26.6. The second kappa shape index (κ2) is 30.4. The number of hydrogen-bond donors (Lipinski definition) is 0. The van der Waals surface area contributed by atoms with Crippen molar-refractivity contribution in [2.45, 2.75) is 27.7 Å². The number of benzene rings is 18. The maximum absolute atomic E-state index is 5.25. The van der Waals surface area contributed by atoms with Gasteiger partial charge >= 0.3 is 0 Å². The summed E-state index contributed by atoms with van der Waals surface area (Å²) in [7, 11) is 0. The van der Waals surface area contributed by atoms with Crippen LogP contribution in [0.1, 0.15) is 22.3 Å². The Labute approximate surface area is 749 Å². The fourth-order valence-electron chi connectivity index (χ4n) is 20.8. The number of aryl methyl sites for hydroxylation is 4. The first kappa shape index (κ1) is 75.4. The molecule has 0 spiro atoms. The van der Waals surface area contributed by atoms with Gasteiger partial charge < -0.3 is 27.4 Å².